The van der Waals surface area contributed by atoms with Crippen LogP contribution in [0.3, 0.4) is 0 Å². The highest BCUT2D eigenvalue weighted by Gasteiger charge is 2.11. The normalized spacial score (nSPS) is 10.2. The van der Waals surface area contributed by atoms with Crippen molar-refractivity contribution in [2.45, 2.75) is 0 Å². The number of nitrogens with one attached hydrogen (secondary N) is 1. The van der Waals surface area contributed by atoms with Crippen LogP contribution in [0.4, 0.5) is 5.82 Å². The van der Waals surface area contributed by atoms with Gasteiger partial charge >= 0.3 is 0 Å². The second kappa shape index (κ2) is 4.55. The molecular weight excluding hydrogens is 282 g/mol. The Kier molecular flexibility index (Phi) is 3.10. The average molecular weight is 292 g/mol. The van der Waals surface area contributed by atoms with Crippen LogP contribution >= 0.6 is 15.9 Å². The molecule has 0 amide bonds. The zero-order valence-electron chi connectivity index (χ0n) is 8.90. The van der Waals surface area contributed by atoms with Crippen LogP contribution in [-0.2, 0) is 0 Å². The first kappa shape index (κ1) is 11.6. The molecule has 2 rings (SSSR count). The Hall–Kier alpha value is -1.88. The van der Waals surface area contributed by atoms with Gasteiger partial charge in [0.05, 0.1) is 11.9 Å². The van der Waals surface area contributed by atoms with Crippen LogP contribution < -0.4 is 11.3 Å². The standard InChI is InChI=1S/C12H10BrN3O/c1-7(8-2-4-9(13)5-3-8)10-11(14)15-6-16-12(10)17/h2-6H,1H2,(H3,14,15,16,17). The van der Waals surface area contributed by atoms with Crippen LogP contribution in [0, 0.1) is 0 Å². The van der Waals surface area contributed by atoms with Crippen molar-refractivity contribution in [3.63, 3.8) is 0 Å². The maximum Gasteiger partial charge on any atom is 0.260 e. The number of halogens is 1. The van der Waals surface area contributed by atoms with Gasteiger partial charge in [0.25, 0.3) is 5.56 Å². The summed E-state index contributed by atoms with van der Waals surface area (Å²) < 4.78 is 0.960. The maximum atomic E-state index is 11.7. The van der Waals surface area contributed by atoms with Gasteiger partial charge in [-0.15, -0.1) is 0 Å². The van der Waals surface area contributed by atoms with Crippen LogP contribution in [0.2, 0.25) is 0 Å². The quantitative estimate of drug-likeness (QED) is 0.891. The molecular formula is C12H10BrN3O. The second-order valence-corrected chi connectivity index (χ2v) is 4.39. The molecule has 0 bridgehead atoms. The molecule has 5 heteroatoms. The number of nitrogen functional groups attached to an aromatic ring is 1. The first-order valence-electron chi connectivity index (χ1n) is 4.88. The van der Waals surface area contributed by atoms with E-state index in [4.69, 9.17) is 5.73 Å². The summed E-state index contributed by atoms with van der Waals surface area (Å²) in [4.78, 5) is 18.0. The molecule has 0 atom stereocenters. The van der Waals surface area contributed by atoms with Crippen LogP contribution in [-0.4, -0.2) is 9.97 Å². The smallest absolute Gasteiger partial charge is 0.260 e. The maximum absolute atomic E-state index is 11.7. The minimum absolute atomic E-state index is 0.182. The van der Waals surface area contributed by atoms with Crippen LogP contribution in [0.5, 0.6) is 0 Å². The largest absolute Gasteiger partial charge is 0.383 e. The van der Waals surface area contributed by atoms with Crippen molar-refractivity contribution in [3.05, 3.63) is 63.1 Å². The average Bonchev–Trinajstić information content (AvgIpc) is 2.29. The molecule has 17 heavy (non-hydrogen) atoms. The van der Waals surface area contributed by atoms with E-state index in [9.17, 15) is 4.79 Å². The van der Waals surface area contributed by atoms with E-state index in [-0.39, 0.29) is 11.4 Å². The molecule has 2 aromatic rings. The van der Waals surface area contributed by atoms with Gasteiger partial charge in [0.1, 0.15) is 5.82 Å². The molecule has 0 aliphatic heterocycles. The molecule has 0 saturated heterocycles. The Morgan fingerprint density at radius 2 is 2.00 bits per heavy atom. The fourth-order valence-electron chi connectivity index (χ4n) is 1.50. The van der Waals surface area contributed by atoms with E-state index in [0.29, 0.717) is 11.1 Å². The Bertz CT molecular complexity index is 616. The van der Waals surface area contributed by atoms with Crippen molar-refractivity contribution in [2.24, 2.45) is 0 Å². The molecule has 0 aliphatic rings. The zero-order valence-corrected chi connectivity index (χ0v) is 10.5. The Labute approximate surface area is 106 Å². The van der Waals surface area contributed by atoms with Gasteiger partial charge in [-0.3, -0.25) is 4.79 Å². The summed E-state index contributed by atoms with van der Waals surface area (Å²) in [5.41, 5.74) is 7.11. The number of hydrogen-bond acceptors (Lipinski definition) is 3. The highest BCUT2D eigenvalue weighted by molar-refractivity contribution is 9.10. The third-order valence-corrected chi connectivity index (χ3v) is 2.91. The van der Waals surface area contributed by atoms with Crippen molar-refractivity contribution in [1.29, 1.82) is 0 Å². The molecule has 86 valence electrons. The number of hydrogen-bond donors (Lipinski definition) is 2. The zero-order chi connectivity index (χ0) is 12.4. The lowest BCUT2D eigenvalue weighted by Crippen LogP contribution is -2.15. The fourth-order valence-corrected chi connectivity index (χ4v) is 1.76. The summed E-state index contributed by atoms with van der Waals surface area (Å²) in [5.74, 6) is 0.182. The van der Waals surface area contributed by atoms with Gasteiger partial charge in [-0.25, -0.2) is 4.98 Å². The summed E-state index contributed by atoms with van der Waals surface area (Å²) in [6.45, 7) is 3.89. The van der Waals surface area contributed by atoms with Gasteiger partial charge in [0.15, 0.2) is 0 Å². The molecule has 4 nitrogen and oxygen atoms in total. The number of rotatable bonds is 2. The number of aromatic amines is 1. The number of aromatic nitrogens is 2. The summed E-state index contributed by atoms with van der Waals surface area (Å²) in [7, 11) is 0. The van der Waals surface area contributed by atoms with Crippen molar-refractivity contribution in [1.82, 2.24) is 9.97 Å². The lowest BCUT2D eigenvalue weighted by atomic mass is 10.0. The highest BCUT2D eigenvalue weighted by Crippen LogP contribution is 2.23. The van der Waals surface area contributed by atoms with Crippen LogP contribution in [0.15, 0.2) is 46.4 Å². The van der Waals surface area contributed by atoms with Crippen LogP contribution in [0.25, 0.3) is 5.57 Å². The van der Waals surface area contributed by atoms with Crippen molar-refractivity contribution >= 4 is 27.3 Å². The Morgan fingerprint density at radius 1 is 1.35 bits per heavy atom. The van der Waals surface area contributed by atoms with Gasteiger partial charge in [0, 0.05) is 4.47 Å². The fraction of sp³-hybridized carbons (Fsp3) is 0. The van der Waals surface area contributed by atoms with Gasteiger partial charge < -0.3 is 10.7 Å². The van der Waals surface area contributed by atoms with Crippen molar-refractivity contribution in [3.8, 4) is 0 Å². The molecule has 0 fully saturated rings. The summed E-state index contributed by atoms with van der Waals surface area (Å²) in [6.07, 6.45) is 1.27. The van der Waals surface area contributed by atoms with Gasteiger partial charge in [-0.05, 0) is 23.3 Å². The number of nitrogens with zero attached hydrogens (tertiary/aromatic N) is 1. The van der Waals surface area contributed by atoms with Gasteiger partial charge in [-0.1, -0.05) is 34.6 Å². The number of nitrogens with two attached hydrogens (primary N) is 1. The number of benzene rings is 1. The molecule has 0 aliphatic carbocycles. The minimum atomic E-state index is -0.287. The summed E-state index contributed by atoms with van der Waals surface area (Å²) in [5, 5.41) is 0. The van der Waals surface area contributed by atoms with Gasteiger partial charge in [-0.2, -0.15) is 0 Å². The van der Waals surface area contributed by atoms with E-state index in [1.165, 1.54) is 6.33 Å². The topological polar surface area (TPSA) is 71.8 Å². The first-order valence-corrected chi connectivity index (χ1v) is 5.67. The molecule has 1 aromatic heterocycles. The van der Waals surface area contributed by atoms with Crippen molar-refractivity contribution in [2.75, 3.05) is 5.73 Å². The Morgan fingerprint density at radius 3 is 2.59 bits per heavy atom. The van der Waals surface area contributed by atoms with E-state index in [1.54, 1.807) is 0 Å². The van der Waals surface area contributed by atoms with E-state index < -0.39 is 0 Å². The predicted octanol–water partition coefficient (Wildman–Crippen LogP) is 2.18. The summed E-state index contributed by atoms with van der Waals surface area (Å²) in [6, 6.07) is 7.47. The molecule has 1 aromatic carbocycles. The lowest BCUT2D eigenvalue weighted by molar-refractivity contribution is 1.11. The predicted molar refractivity (Wildman–Crippen MR) is 71.5 cm³/mol. The third kappa shape index (κ3) is 2.29. The minimum Gasteiger partial charge on any atom is -0.383 e. The summed E-state index contributed by atoms with van der Waals surface area (Å²) >= 11 is 3.35. The van der Waals surface area contributed by atoms with E-state index in [2.05, 4.69) is 32.5 Å². The highest BCUT2D eigenvalue weighted by atomic mass is 79.9. The third-order valence-electron chi connectivity index (χ3n) is 2.38. The molecule has 0 unspecified atom stereocenters. The van der Waals surface area contributed by atoms with E-state index >= 15 is 0 Å². The van der Waals surface area contributed by atoms with Crippen LogP contribution in [0.1, 0.15) is 11.1 Å². The first-order chi connectivity index (χ1) is 8.09. The molecule has 1 heterocycles. The van der Waals surface area contributed by atoms with Gasteiger partial charge in [0.2, 0.25) is 0 Å². The van der Waals surface area contributed by atoms with E-state index in [1.807, 2.05) is 24.3 Å². The lowest BCUT2D eigenvalue weighted by Gasteiger charge is -2.07. The van der Waals surface area contributed by atoms with Crippen molar-refractivity contribution < 1.29 is 0 Å². The molecule has 0 radical (unpaired) electrons. The van der Waals surface area contributed by atoms with E-state index in [0.717, 1.165) is 10.0 Å². The second-order valence-electron chi connectivity index (χ2n) is 3.48. The molecule has 0 spiro atoms. The number of anilines is 1. The molecule has 3 N–H and O–H groups in total. The SMILES string of the molecule is C=C(c1ccc(Br)cc1)c1c(N)nc[nH]c1=O. The number of H-pyrrole nitrogens is 1. The monoisotopic (exact) mass is 291 g/mol. The Balaban J connectivity index is 2.51. The molecule has 0 saturated carbocycles.